The zero-order valence-corrected chi connectivity index (χ0v) is 30.0. The summed E-state index contributed by atoms with van der Waals surface area (Å²) in [6, 6.07) is 34.6. The molecule has 260 valence electrons. The second-order valence-corrected chi connectivity index (χ2v) is 18.2. The Hall–Kier alpha value is -4.19. The number of carbonyl (C=O) groups is 1. The van der Waals surface area contributed by atoms with Gasteiger partial charge in [-0.1, -0.05) is 112 Å². The van der Waals surface area contributed by atoms with Crippen LogP contribution in [0.1, 0.15) is 47.8 Å². The lowest BCUT2D eigenvalue weighted by Gasteiger charge is -2.39. The highest BCUT2D eigenvalue weighted by Crippen LogP contribution is 2.37. The van der Waals surface area contributed by atoms with Crippen LogP contribution < -0.4 is 0 Å². The summed E-state index contributed by atoms with van der Waals surface area (Å²) in [6.07, 6.45) is -2.40. The highest BCUT2D eigenvalue weighted by molar-refractivity contribution is 6.74. The van der Waals surface area contributed by atoms with Crippen LogP contribution in [0.15, 0.2) is 115 Å². The molecule has 0 saturated heterocycles. The van der Waals surface area contributed by atoms with Gasteiger partial charge in [-0.05, 0) is 47.0 Å². The highest BCUT2D eigenvalue weighted by atomic mass is 28.4. The summed E-state index contributed by atoms with van der Waals surface area (Å²) in [4.78, 5) is 24.4. The Balaban J connectivity index is 1.69. The number of esters is 1. The van der Waals surface area contributed by atoms with Crippen LogP contribution in [0.4, 0.5) is 5.69 Å². The Morgan fingerprint density at radius 2 is 1.18 bits per heavy atom. The molecule has 0 N–H and O–H groups in total. The van der Waals surface area contributed by atoms with Gasteiger partial charge < -0.3 is 23.4 Å². The lowest BCUT2D eigenvalue weighted by Crippen LogP contribution is -2.50. The Bertz CT molecular complexity index is 1580. The first-order chi connectivity index (χ1) is 23.4. The van der Waals surface area contributed by atoms with Gasteiger partial charge in [0.25, 0.3) is 5.69 Å². The molecule has 0 bridgehead atoms. The molecule has 4 rings (SSSR count). The van der Waals surface area contributed by atoms with Crippen molar-refractivity contribution >= 4 is 20.0 Å². The molecule has 49 heavy (non-hydrogen) atoms. The van der Waals surface area contributed by atoms with Gasteiger partial charge in [0.1, 0.15) is 12.2 Å². The fourth-order valence-electron chi connectivity index (χ4n) is 4.73. The van der Waals surface area contributed by atoms with Gasteiger partial charge in [0.05, 0.1) is 43.5 Å². The third-order valence-corrected chi connectivity index (χ3v) is 13.2. The fourth-order valence-corrected chi connectivity index (χ4v) is 5.74. The lowest BCUT2D eigenvalue weighted by molar-refractivity contribution is -0.384. The number of hydrogen-bond donors (Lipinski definition) is 0. The maximum Gasteiger partial charge on any atom is 0.338 e. The monoisotopic (exact) mass is 685 g/mol. The number of carbonyl (C=O) groups excluding carboxylic acids is 1. The third-order valence-electron chi connectivity index (χ3n) is 8.71. The number of non-ortho nitro benzene ring substituents is 1. The topological polar surface area (TPSA) is 106 Å². The van der Waals surface area contributed by atoms with E-state index in [2.05, 4.69) is 33.9 Å². The average molecular weight is 686 g/mol. The first kappa shape index (κ1) is 37.6. The van der Waals surface area contributed by atoms with Gasteiger partial charge in [0, 0.05) is 12.1 Å². The van der Waals surface area contributed by atoms with Crippen LogP contribution in [0, 0.1) is 10.1 Å². The number of ether oxygens (including phenoxy) is 4. The van der Waals surface area contributed by atoms with Gasteiger partial charge in [-0.2, -0.15) is 0 Å². The number of benzene rings is 4. The largest absolute Gasteiger partial charge is 0.453 e. The van der Waals surface area contributed by atoms with Crippen molar-refractivity contribution in [2.75, 3.05) is 13.2 Å². The predicted octanol–water partition coefficient (Wildman–Crippen LogP) is 8.53. The Kier molecular flexibility index (Phi) is 13.8. The second kappa shape index (κ2) is 18.0. The molecule has 10 heteroatoms. The van der Waals surface area contributed by atoms with Crippen molar-refractivity contribution in [3.05, 3.63) is 148 Å². The van der Waals surface area contributed by atoms with E-state index < -0.39 is 37.5 Å². The molecule has 0 aromatic heterocycles. The third kappa shape index (κ3) is 11.7. The van der Waals surface area contributed by atoms with Gasteiger partial charge >= 0.3 is 5.97 Å². The minimum absolute atomic E-state index is 0.00163. The molecule has 0 spiro atoms. The Morgan fingerprint density at radius 3 is 1.67 bits per heavy atom. The first-order valence-electron chi connectivity index (χ1n) is 16.4. The SMILES string of the molecule is CC(C)(C)[Si](C)(C)OC[C@H](OCc1ccccc1)[C@H](OCc1ccccc1)[C@@H](COCc1ccccc1)OC(=O)c1ccc([N+](=O)[O-])cc1. The summed E-state index contributed by atoms with van der Waals surface area (Å²) < 4.78 is 32.3. The van der Waals surface area contributed by atoms with Crippen LogP contribution in [-0.2, 0) is 43.2 Å². The van der Waals surface area contributed by atoms with Crippen LogP contribution >= 0.6 is 0 Å². The number of rotatable bonds is 18. The maximum absolute atomic E-state index is 13.6. The van der Waals surface area contributed by atoms with Gasteiger partial charge in [-0.3, -0.25) is 10.1 Å². The molecule has 0 saturated carbocycles. The molecule has 4 aromatic carbocycles. The lowest BCUT2D eigenvalue weighted by atomic mass is 10.1. The molecule has 0 unspecified atom stereocenters. The Labute approximate surface area is 290 Å². The number of nitro benzene ring substituents is 1. The fraction of sp³-hybridized carbons (Fsp3) is 0.359. The van der Waals surface area contributed by atoms with Crippen molar-refractivity contribution in [1.29, 1.82) is 0 Å². The minimum atomic E-state index is -2.24. The molecular formula is C39H47NO8Si. The van der Waals surface area contributed by atoms with E-state index in [9.17, 15) is 14.9 Å². The molecule has 0 heterocycles. The van der Waals surface area contributed by atoms with E-state index in [-0.39, 0.29) is 49.3 Å². The van der Waals surface area contributed by atoms with Crippen LogP contribution in [0.25, 0.3) is 0 Å². The van der Waals surface area contributed by atoms with Crippen LogP contribution in [0.3, 0.4) is 0 Å². The quantitative estimate of drug-likeness (QED) is 0.0444. The zero-order chi connectivity index (χ0) is 35.3. The summed E-state index contributed by atoms with van der Waals surface area (Å²) in [6.45, 7) is 11.9. The van der Waals surface area contributed by atoms with Gasteiger partial charge in [0.15, 0.2) is 14.4 Å². The molecule has 0 amide bonds. The Morgan fingerprint density at radius 1 is 0.694 bits per heavy atom. The molecule has 0 aliphatic rings. The molecule has 0 fully saturated rings. The first-order valence-corrected chi connectivity index (χ1v) is 19.4. The predicted molar refractivity (Wildman–Crippen MR) is 192 cm³/mol. The van der Waals surface area contributed by atoms with Crippen molar-refractivity contribution in [3.63, 3.8) is 0 Å². The minimum Gasteiger partial charge on any atom is -0.453 e. The van der Waals surface area contributed by atoms with Crippen molar-refractivity contribution in [2.24, 2.45) is 0 Å². The van der Waals surface area contributed by atoms with E-state index in [4.69, 9.17) is 23.4 Å². The summed E-state index contributed by atoms with van der Waals surface area (Å²) in [5.74, 6) is -0.663. The highest BCUT2D eigenvalue weighted by Gasteiger charge is 2.41. The van der Waals surface area contributed by atoms with E-state index >= 15 is 0 Å². The second-order valence-electron chi connectivity index (χ2n) is 13.4. The smallest absolute Gasteiger partial charge is 0.338 e. The number of hydrogen-bond acceptors (Lipinski definition) is 8. The number of nitro groups is 1. The van der Waals surface area contributed by atoms with Crippen LogP contribution in [0.5, 0.6) is 0 Å². The number of nitrogens with zero attached hydrogens (tertiary/aromatic N) is 1. The van der Waals surface area contributed by atoms with Crippen LogP contribution in [-0.4, -0.2) is 50.7 Å². The van der Waals surface area contributed by atoms with Crippen molar-refractivity contribution in [2.45, 2.75) is 77.0 Å². The van der Waals surface area contributed by atoms with E-state index in [1.807, 2.05) is 91.0 Å². The van der Waals surface area contributed by atoms with E-state index in [0.29, 0.717) is 0 Å². The van der Waals surface area contributed by atoms with Crippen molar-refractivity contribution in [3.8, 4) is 0 Å². The summed E-state index contributed by atoms with van der Waals surface area (Å²) in [5, 5.41) is 11.2. The molecule has 4 aromatic rings. The van der Waals surface area contributed by atoms with Gasteiger partial charge in [-0.25, -0.2) is 4.79 Å². The van der Waals surface area contributed by atoms with Crippen molar-refractivity contribution < 1.29 is 33.1 Å². The van der Waals surface area contributed by atoms with Crippen molar-refractivity contribution in [1.82, 2.24) is 0 Å². The summed E-state index contributed by atoms with van der Waals surface area (Å²) >= 11 is 0. The van der Waals surface area contributed by atoms with E-state index in [0.717, 1.165) is 16.7 Å². The standard InChI is InChI=1S/C39H47NO8Si/c1-39(2,3)49(4,5)47-29-35(45-26-31-17-11-7-12-18-31)37(46-27-32-19-13-8-14-20-32)36(28-44-25-30-15-9-6-10-16-30)48-38(41)33-21-23-34(24-22-33)40(42)43/h6-24,35-37H,25-29H2,1-5H3/t35-,36+,37-/m0/s1. The molecule has 9 nitrogen and oxygen atoms in total. The van der Waals surface area contributed by atoms with Crippen LogP contribution in [0.2, 0.25) is 18.1 Å². The molecule has 0 aliphatic heterocycles. The molecule has 3 atom stereocenters. The summed E-state index contributed by atoms with van der Waals surface area (Å²) in [7, 11) is -2.24. The van der Waals surface area contributed by atoms with Gasteiger partial charge in [-0.15, -0.1) is 0 Å². The molecule has 0 radical (unpaired) electrons. The maximum atomic E-state index is 13.6. The normalized spacial score (nSPS) is 13.7. The van der Waals surface area contributed by atoms with Gasteiger partial charge in [0.2, 0.25) is 0 Å². The summed E-state index contributed by atoms with van der Waals surface area (Å²) in [5.41, 5.74) is 2.91. The molecule has 0 aliphatic carbocycles. The molecular weight excluding hydrogens is 639 g/mol. The average Bonchev–Trinajstić information content (AvgIpc) is 3.09. The zero-order valence-electron chi connectivity index (χ0n) is 29.0. The van der Waals surface area contributed by atoms with E-state index in [1.54, 1.807) is 0 Å². The van der Waals surface area contributed by atoms with E-state index in [1.165, 1.54) is 24.3 Å².